The average molecular weight is 297 g/mol. The minimum Gasteiger partial charge on any atom is -0.368 e. The number of benzene rings is 1. The Morgan fingerprint density at radius 3 is 2.41 bits per heavy atom. The molecule has 22 heavy (non-hydrogen) atoms. The van der Waals surface area contributed by atoms with E-state index in [1.54, 1.807) is 0 Å². The number of anilines is 2. The van der Waals surface area contributed by atoms with Crippen LogP contribution >= 0.6 is 0 Å². The number of hydrogen-bond acceptors (Lipinski definition) is 5. The summed E-state index contributed by atoms with van der Waals surface area (Å²) in [5.74, 6) is 1.50. The van der Waals surface area contributed by atoms with Crippen LogP contribution in [0.4, 0.5) is 11.8 Å². The van der Waals surface area contributed by atoms with E-state index in [2.05, 4.69) is 64.1 Å². The predicted octanol–water partition coefficient (Wildman–Crippen LogP) is 1.96. The fraction of sp³-hybridized carbons (Fsp3) is 0.412. The number of nitrogen functional groups attached to an aromatic ring is 1. The lowest BCUT2D eigenvalue weighted by atomic mass is 9.97. The molecule has 1 atom stereocenters. The van der Waals surface area contributed by atoms with Crippen LogP contribution in [0.2, 0.25) is 0 Å². The summed E-state index contributed by atoms with van der Waals surface area (Å²) in [5.41, 5.74) is 8.17. The summed E-state index contributed by atoms with van der Waals surface area (Å²) in [6.45, 7) is 6.21. The van der Waals surface area contributed by atoms with Gasteiger partial charge in [-0.1, -0.05) is 37.3 Å². The van der Waals surface area contributed by atoms with Crippen molar-refractivity contribution < 1.29 is 0 Å². The van der Waals surface area contributed by atoms with Crippen LogP contribution in [-0.2, 0) is 0 Å². The van der Waals surface area contributed by atoms with Gasteiger partial charge in [-0.25, -0.2) is 4.98 Å². The summed E-state index contributed by atoms with van der Waals surface area (Å²) in [7, 11) is 2.15. The van der Waals surface area contributed by atoms with Gasteiger partial charge in [-0.2, -0.15) is 4.98 Å². The molecule has 116 valence electrons. The van der Waals surface area contributed by atoms with E-state index in [4.69, 9.17) is 5.73 Å². The Hall–Kier alpha value is -2.14. The molecule has 2 N–H and O–H groups in total. The molecule has 2 aromatic rings. The zero-order valence-electron chi connectivity index (χ0n) is 13.2. The first-order valence-corrected chi connectivity index (χ1v) is 7.76. The highest BCUT2D eigenvalue weighted by Gasteiger charge is 2.18. The average Bonchev–Trinajstić information content (AvgIpc) is 2.55. The molecule has 1 fully saturated rings. The van der Waals surface area contributed by atoms with Crippen molar-refractivity contribution in [3.8, 4) is 0 Å². The molecular weight excluding hydrogens is 274 g/mol. The summed E-state index contributed by atoms with van der Waals surface area (Å²) in [6.07, 6.45) is 0. The molecule has 1 aromatic carbocycles. The first kappa shape index (κ1) is 14.8. The molecule has 1 saturated heterocycles. The molecule has 0 spiro atoms. The molecule has 1 aliphatic heterocycles. The lowest BCUT2D eigenvalue weighted by Crippen LogP contribution is -2.45. The quantitative estimate of drug-likeness (QED) is 0.938. The summed E-state index contributed by atoms with van der Waals surface area (Å²) in [5, 5.41) is 0. The lowest BCUT2D eigenvalue weighted by molar-refractivity contribution is 0.312. The maximum absolute atomic E-state index is 5.95. The molecule has 3 rings (SSSR count). The van der Waals surface area contributed by atoms with Crippen molar-refractivity contribution in [3.63, 3.8) is 0 Å². The topological polar surface area (TPSA) is 58.3 Å². The summed E-state index contributed by atoms with van der Waals surface area (Å²) >= 11 is 0. The minimum absolute atomic E-state index is 0.206. The Morgan fingerprint density at radius 2 is 1.73 bits per heavy atom. The number of rotatable bonds is 3. The van der Waals surface area contributed by atoms with Gasteiger partial charge in [0.2, 0.25) is 5.95 Å². The fourth-order valence-corrected chi connectivity index (χ4v) is 2.80. The third-order valence-electron chi connectivity index (χ3n) is 4.32. The SMILES string of the molecule is C[C@H](c1ccccc1)c1cc(N2CCN(C)CC2)nc(N)n1. The molecule has 0 amide bonds. The molecule has 5 heteroatoms. The van der Waals surface area contributed by atoms with Gasteiger partial charge in [-0.3, -0.25) is 0 Å². The maximum Gasteiger partial charge on any atom is 0.222 e. The first-order valence-electron chi connectivity index (χ1n) is 7.76. The van der Waals surface area contributed by atoms with Gasteiger partial charge in [0.05, 0.1) is 5.69 Å². The first-order chi connectivity index (χ1) is 10.6. The fourth-order valence-electron chi connectivity index (χ4n) is 2.80. The lowest BCUT2D eigenvalue weighted by Gasteiger charge is -2.33. The minimum atomic E-state index is 0.206. The third-order valence-corrected chi connectivity index (χ3v) is 4.32. The zero-order valence-corrected chi connectivity index (χ0v) is 13.2. The van der Waals surface area contributed by atoms with Crippen molar-refractivity contribution in [2.45, 2.75) is 12.8 Å². The summed E-state index contributed by atoms with van der Waals surface area (Å²) in [6, 6.07) is 12.5. The number of hydrogen-bond donors (Lipinski definition) is 1. The Kier molecular flexibility index (Phi) is 4.24. The van der Waals surface area contributed by atoms with Crippen molar-refractivity contribution in [1.29, 1.82) is 0 Å². The van der Waals surface area contributed by atoms with Crippen LogP contribution in [0.3, 0.4) is 0 Å². The highest BCUT2D eigenvalue weighted by atomic mass is 15.3. The molecule has 0 unspecified atom stereocenters. The Labute approximate surface area is 131 Å². The summed E-state index contributed by atoms with van der Waals surface area (Å²) in [4.78, 5) is 13.5. The second-order valence-corrected chi connectivity index (χ2v) is 5.93. The van der Waals surface area contributed by atoms with Gasteiger partial charge < -0.3 is 15.5 Å². The summed E-state index contributed by atoms with van der Waals surface area (Å²) < 4.78 is 0. The Morgan fingerprint density at radius 1 is 1.05 bits per heavy atom. The second-order valence-electron chi connectivity index (χ2n) is 5.93. The monoisotopic (exact) mass is 297 g/mol. The van der Waals surface area contributed by atoms with Crippen LogP contribution in [0.15, 0.2) is 36.4 Å². The highest BCUT2D eigenvalue weighted by molar-refractivity contribution is 5.46. The van der Waals surface area contributed by atoms with Crippen LogP contribution in [0, 0.1) is 0 Å². The van der Waals surface area contributed by atoms with Crippen molar-refractivity contribution in [2.24, 2.45) is 0 Å². The third kappa shape index (κ3) is 3.20. The number of nitrogens with zero attached hydrogens (tertiary/aromatic N) is 4. The van der Waals surface area contributed by atoms with E-state index in [1.165, 1.54) is 5.56 Å². The molecule has 2 heterocycles. The Balaban J connectivity index is 1.87. The van der Waals surface area contributed by atoms with Gasteiger partial charge in [0, 0.05) is 38.2 Å². The highest BCUT2D eigenvalue weighted by Crippen LogP contribution is 2.26. The number of nitrogens with two attached hydrogens (primary N) is 1. The predicted molar refractivity (Wildman–Crippen MR) is 90.1 cm³/mol. The van der Waals surface area contributed by atoms with Crippen molar-refractivity contribution in [2.75, 3.05) is 43.9 Å². The standard InChI is InChI=1S/C17H23N5/c1-13(14-6-4-3-5-7-14)15-12-16(20-17(18)19-15)22-10-8-21(2)9-11-22/h3-7,12-13H,8-11H2,1-2H3,(H2,18,19,20)/t13-/m1/s1. The Bertz CT molecular complexity index is 620. The van der Waals surface area contributed by atoms with Crippen molar-refractivity contribution >= 4 is 11.8 Å². The van der Waals surface area contributed by atoms with Gasteiger partial charge in [-0.05, 0) is 12.6 Å². The smallest absolute Gasteiger partial charge is 0.222 e. The van der Waals surface area contributed by atoms with Crippen molar-refractivity contribution in [3.05, 3.63) is 47.7 Å². The molecular formula is C17H23N5. The van der Waals surface area contributed by atoms with E-state index in [1.807, 2.05) is 6.07 Å². The van der Waals surface area contributed by atoms with Crippen LogP contribution in [0.5, 0.6) is 0 Å². The maximum atomic E-state index is 5.95. The van der Waals surface area contributed by atoms with E-state index < -0.39 is 0 Å². The van der Waals surface area contributed by atoms with Crippen LogP contribution in [-0.4, -0.2) is 48.1 Å². The number of likely N-dealkylation sites (N-methyl/N-ethyl adjacent to an activating group) is 1. The van der Waals surface area contributed by atoms with Gasteiger partial charge in [0.1, 0.15) is 5.82 Å². The normalized spacial score (nSPS) is 17.5. The number of aromatic nitrogens is 2. The molecule has 0 aliphatic carbocycles. The van der Waals surface area contributed by atoms with E-state index in [0.29, 0.717) is 5.95 Å². The van der Waals surface area contributed by atoms with Gasteiger partial charge in [0.25, 0.3) is 0 Å². The van der Waals surface area contributed by atoms with Crippen LogP contribution < -0.4 is 10.6 Å². The van der Waals surface area contributed by atoms with Crippen molar-refractivity contribution in [1.82, 2.24) is 14.9 Å². The van der Waals surface area contributed by atoms with Crippen LogP contribution in [0.1, 0.15) is 24.1 Å². The van der Waals surface area contributed by atoms with Crippen LogP contribution in [0.25, 0.3) is 0 Å². The molecule has 0 saturated carbocycles. The van der Waals surface area contributed by atoms with E-state index in [-0.39, 0.29) is 5.92 Å². The van der Waals surface area contributed by atoms with E-state index in [0.717, 1.165) is 37.7 Å². The van der Waals surface area contributed by atoms with Gasteiger partial charge in [-0.15, -0.1) is 0 Å². The second kappa shape index (κ2) is 6.32. The van der Waals surface area contributed by atoms with Gasteiger partial charge in [0.15, 0.2) is 0 Å². The molecule has 0 radical (unpaired) electrons. The van der Waals surface area contributed by atoms with Gasteiger partial charge >= 0.3 is 0 Å². The molecule has 1 aromatic heterocycles. The number of piperazine rings is 1. The molecule has 1 aliphatic rings. The largest absolute Gasteiger partial charge is 0.368 e. The van der Waals surface area contributed by atoms with E-state index >= 15 is 0 Å². The molecule has 5 nitrogen and oxygen atoms in total. The molecule has 0 bridgehead atoms. The zero-order chi connectivity index (χ0) is 15.5. The van der Waals surface area contributed by atoms with E-state index in [9.17, 15) is 0 Å².